The van der Waals surface area contributed by atoms with Gasteiger partial charge in [0.05, 0.1) is 12.8 Å². The lowest BCUT2D eigenvalue weighted by atomic mass is 9.76. The van der Waals surface area contributed by atoms with Crippen molar-refractivity contribution in [2.24, 2.45) is 5.41 Å². The van der Waals surface area contributed by atoms with E-state index in [9.17, 15) is 0 Å². The van der Waals surface area contributed by atoms with Gasteiger partial charge in [0.25, 0.3) is 0 Å². The maximum absolute atomic E-state index is 6.14. The Labute approximate surface area is 150 Å². The van der Waals surface area contributed by atoms with Gasteiger partial charge in [0, 0.05) is 17.0 Å². The first-order chi connectivity index (χ1) is 11.2. The van der Waals surface area contributed by atoms with E-state index in [1.54, 1.807) is 6.20 Å². The average Bonchev–Trinajstić information content (AvgIpc) is 2.55. The molecule has 3 rings (SSSR count). The van der Waals surface area contributed by atoms with Crippen molar-refractivity contribution in [3.8, 4) is 5.75 Å². The monoisotopic (exact) mass is 394 g/mol. The van der Waals surface area contributed by atoms with Crippen LogP contribution in [-0.4, -0.2) is 24.7 Å². The number of ether oxygens (including phenoxy) is 1. The third-order valence-electron chi connectivity index (χ3n) is 4.27. The lowest BCUT2D eigenvalue weighted by Crippen LogP contribution is -2.45. The molecule has 0 spiro atoms. The minimum absolute atomic E-state index is 0.0933. The zero-order valence-corrected chi connectivity index (χ0v) is 15.2. The Morgan fingerprint density at radius 2 is 2.22 bits per heavy atom. The van der Waals surface area contributed by atoms with Crippen LogP contribution in [0.2, 0.25) is 5.02 Å². The third kappa shape index (κ3) is 4.69. The van der Waals surface area contributed by atoms with Crippen LogP contribution in [0.4, 0.5) is 0 Å². The van der Waals surface area contributed by atoms with E-state index in [0.717, 1.165) is 41.3 Å². The zero-order chi connectivity index (χ0) is 16.1. The smallest absolute Gasteiger partial charge is 0.137 e. The molecule has 2 heterocycles. The van der Waals surface area contributed by atoms with E-state index in [0.29, 0.717) is 6.61 Å². The van der Waals surface area contributed by atoms with E-state index >= 15 is 0 Å². The Morgan fingerprint density at radius 3 is 2.91 bits per heavy atom. The van der Waals surface area contributed by atoms with Crippen LogP contribution in [0.5, 0.6) is 5.75 Å². The fraction of sp³-hybridized carbons (Fsp3) is 0.389. The van der Waals surface area contributed by atoms with Crippen molar-refractivity contribution in [3.05, 3.63) is 57.8 Å². The van der Waals surface area contributed by atoms with Gasteiger partial charge in [0.1, 0.15) is 10.4 Å². The van der Waals surface area contributed by atoms with Gasteiger partial charge in [-0.15, -0.1) is 0 Å². The highest BCUT2D eigenvalue weighted by Gasteiger charge is 2.33. The van der Waals surface area contributed by atoms with E-state index in [-0.39, 0.29) is 5.41 Å². The quantitative estimate of drug-likeness (QED) is 0.758. The zero-order valence-electron chi connectivity index (χ0n) is 12.9. The summed E-state index contributed by atoms with van der Waals surface area (Å²) in [6.45, 7) is 2.72. The summed E-state index contributed by atoms with van der Waals surface area (Å²) in [5, 5.41) is 4.31. The van der Waals surface area contributed by atoms with Gasteiger partial charge < -0.3 is 10.1 Å². The summed E-state index contributed by atoms with van der Waals surface area (Å²) in [5.74, 6) is 0.809. The van der Waals surface area contributed by atoms with Gasteiger partial charge in [-0.2, -0.15) is 0 Å². The van der Waals surface area contributed by atoms with Crippen molar-refractivity contribution < 1.29 is 4.74 Å². The van der Waals surface area contributed by atoms with E-state index in [4.69, 9.17) is 16.3 Å². The molecule has 1 fully saturated rings. The fourth-order valence-corrected chi connectivity index (χ4v) is 3.57. The predicted octanol–water partition coefficient (Wildman–Crippen LogP) is 4.49. The molecule has 3 nitrogen and oxygen atoms in total. The molecule has 1 unspecified atom stereocenters. The summed E-state index contributed by atoms with van der Waals surface area (Å²) >= 11 is 9.48. The molecule has 5 heteroatoms. The number of aromatic nitrogens is 1. The average molecular weight is 396 g/mol. The Morgan fingerprint density at radius 1 is 1.30 bits per heavy atom. The Balaban J connectivity index is 1.72. The van der Waals surface area contributed by atoms with E-state index in [1.165, 1.54) is 12.0 Å². The van der Waals surface area contributed by atoms with Crippen LogP contribution in [0.3, 0.4) is 0 Å². The van der Waals surface area contributed by atoms with Crippen LogP contribution in [0.25, 0.3) is 0 Å². The maximum atomic E-state index is 6.14. The number of halogens is 2. The molecule has 1 aliphatic heterocycles. The van der Waals surface area contributed by atoms with Crippen LogP contribution in [0, 0.1) is 5.41 Å². The van der Waals surface area contributed by atoms with Crippen LogP contribution in [-0.2, 0) is 6.42 Å². The van der Waals surface area contributed by atoms with Crippen molar-refractivity contribution in [1.29, 1.82) is 0 Å². The molecule has 0 aliphatic carbocycles. The topological polar surface area (TPSA) is 34.1 Å². The van der Waals surface area contributed by atoms with Crippen molar-refractivity contribution in [3.63, 3.8) is 0 Å². The first-order valence-electron chi connectivity index (χ1n) is 7.85. The lowest BCUT2D eigenvalue weighted by Gasteiger charge is -2.37. The van der Waals surface area contributed by atoms with Gasteiger partial charge in [-0.25, -0.2) is 4.98 Å². The SMILES string of the molecule is Clc1cccc(CC2(COc3ccc(Br)nc3)CCCNC2)c1. The number of hydrogen-bond donors (Lipinski definition) is 1. The van der Waals surface area contributed by atoms with Crippen molar-refractivity contribution >= 4 is 27.5 Å². The molecule has 2 aromatic rings. The van der Waals surface area contributed by atoms with Crippen molar-refractivity contribution in [2.75, 3.05) is 19.7 Å². The van der Waals surface area contributed by atoms with Gasteiger partial charge in [-0.05, 0) is 71.6 Å². The predicted molar refractivity (Wildman–Crippen MR) is 97.1 cm³/mol. The normalized spacial score (nSPS) is 21.1. The largest absolute Gasteiger partial charge is 0.491 e. The fourth-order valence-electron chi connectivity index (χ4n) is 3.12. The molecule has 1 atom stereocenters. The summed E-state index contributed by atoms with van der Waals surface area (Å²) in [6.07, 6.45) is 5.04. The number of rotatable bonds is 5. The Hall–Kier alpha value is -1.10. The second kappa shape index (κ2) is 7.65. The van der Waals surface area contributed by atoms with Gasteiger partial charge in [0.2, 0.25) is 0 Å². The summed E-state index contributed by atoms with van der Waals surface area (Å²) in [4.78, 5) is 4.22. The Bertz CT molecular complexity index is 642. The van der Waals surface area contributed by atoms with Crippen LogP contribution >= 0.6 is 27.5 Å². The van der Waals surface area contributed by atoms with E-state index in [2.05, 4.69) is 38.4 Å². The molecular weight excluding hydrogens is 376 g/mol. The standard InChI is InChI=1S/C18H20BrClN2O/c19-17-6-5-16(11-22-17)23-13-18(7-2-8-21-12-18)10-14-3-1-4-15(20)9-14/h1,3-6,9,11,21H,2,7-8,10,12-13H2. The lowest BCUT2D eigenvalue weighted by molar-refractivity contribution is 0.110. The molecule has 0 radical (unpaired) electrons. The number of nitrogens with one attached hydrogen (secondary N) is 1. The third-order valence-corrected chi connectivity index (χ3v) is 4.98. The van der Waals surface area contributed by atoms with E-state index < -0.39 is 0 Å². The van der Waals surface area contributed by atoms with Crippen LogP contribution in [0.15, 0.2) is 47.2 Å². The minimum Gasteiger partial charge on any atom is -0.491 e. The number of piperidine rings is 1. The first-order valence-corrected chi connectivity index (χ1v) is 9.02. The highest BCUT2D eigenvalue weighted by atomic mass is 79.9. The summed E-state index contributed by atoms with van der Waals surface area (Å²) in [5.41, 5.74) is 1.36. The molecule has 0 bridgehead atoms. The minimum atomic E-state index is 0.0933. The Kier molecular flexibility index (Phi) is 5.57. The number of hydrogen-bond acceptors (Lipinski definition) is 3. The van der Waals surface area contributed by atoms with Crippen molar-refractivity contribution in [1.82, 2.24) is 10.3 Å². The maximum Gasteiger partial charge on any atom is 0.137 e. The van der Waals surface area contributed by atoms with E-state index in [1.807, 2.05) is 24.3 Å². The first kappa shape index (κ1) is 16.7. The molecule has 1 aromatic heterocycles. The number of nitrogens with zero attached hydrogens (tertiary/aromatic N) is 1. The molecule has 1 N–H and O–H groups in total. The summed E-state index contributed by atoms with van der Waals surface area (Å²) < 4.78 is 6.87. The molecule has 1 aromatic carbocycles. The summed E-state index contributed by atoms with van der Waals surface area (Å²) in [7, 11) is 0. The molecular formula is C18H20BrClN2O. The second-order valence-electron chi connectivity index (χ2n) is 6.19. The highest BCUT2D eigenvalue weighted by molar-refractivity contribution is 9.10. The molecule has 1 saturated heterocycles. The second-order valence-corrected chi connectivity index (χ2v) is 7.44. The van der Waals surface area contributed by atoms with Gasteiger partial charge in [0.15, 0.2) is 0 Å². The molecule has 122 valence electrons. The van der Waals surface area contributed by atoms with Crippen molar-refractivity contribution in [2.45, 2.75) is 19.3 Å². The van der Waals surface area contributed by atoms with Gasteiger partial charge in [-0.1, -0.05) is 23.7 Å². The molecule has 0 saturated carbocycles. The molecule has 0 amide bonds. The summed E-state index contributed by atoms with van der Waals surface area (Å²) in [6, 6.07) is 12.0. The van der Waals surface area contributed by atoms with Gasteiger partial charge >= 0.3 is 0 Å². The van der Waals surface area contributed by atoms with Crippen LogP contribution in [0.1, 0.15) is 18.4 Å². The number of benzene rings is 1. The molecule has 1 aliphatic rings. The van der Waals surface area contributed by atoms with Crippen LogP contribution < -0.4 is 10.1 Å². The highest BCUT2D eigenvalue weighted by Crippen LogP contribution is 2.32. The van der Waals surface area contributed by atoms with Gasteiger partial charge in [-0.3, -0.25) is 0 Å². The molecule has 23 heavy (non-hydrogen) atoms. The number of pyridine rings is 1.